The number of hydrogen-bond donors (Lipinski definition) is 2. The van der Waals surface area contributed by atoms with Crippen molar-refractivity contribution in [3.63, 3.8) is 0 Å². The number of aliphatic imine (C=N–C) groups is 1. The Morgan fingerprint density at radius 1 is 1.33 bits per heavy atom. The first-order valence-electron chi connectivity index (χ1n) is 5.57. The summed E-state index contributed by atoms with van der Waals surface area (Å²) in [6.45, 7) is 4.20. The van der Waals surface area contributed by atoms with Gasteiger partial charge in [0.2, 0.25) is 0 Å². The maximum absolute atomic E-state index is 9.36. The van der Waals surface area contributed by atoms with Gasteiger partial charge in [-0.2, -0.15) is 0 Å². The van der Waals surface area contributed by atoms with Crippen molar-refractivity contribution in [3.8, 4) is 10.4 Å². The van der Waals surface area contributed by atoms with E-state index in [1.807, 2.05) is 12.1 Å². The monoisotopic (exact) mass is 256 g/mol. The zero-order chi connectivity index (χ0) is 12.7. The molecule has 0 atom stereocenters. The van der Waals surface area contributed by atoms with Gasteiger partial charge in [0, 0.05) is 10.4 Å². The number of thiophene rings is 1. The van der Waals surface area contributed by atoms with Crippen LogP contribution in [-0.2, 0) is 6.54 Å². The Kier molecular flexibility index (Phi) is 2.45. The normalized spacial score (nSPS) is 13.2. The van der Waals surface area contributed by atoms with Crippen molar-refractivity contribution < 1.29 is 5.11 Å². The molecule has 1 aromatic carbocycles. The molecule has 0 fully saturated rings. The van der Waals surface area contributed by atoms with E-state index in [1.165, 1.54) is 16.9 Å². The van der Waals surface area contributed by atoms with Crippen LogP contribution < -0.4 is 5.73 Å². The lowest BCUT2D eigenvalue weighted by molar-refractivity contribution is 0.516. The number of nitrogens with zero attached hydrogens (tertiary/aromatic N) is 1. The van der Waals surface area contributed by atoms with Crippen LogP contribution in [0.25, 0.3) is 16.2 Å². The maximum atomic E-state index is 9.36. The van der Waals surface area contributed by atoms with E-state index in [-0.39, 0.29) is 5.76 Å². The van der Waals surface area contributed by atoms with Crippen LogP contribution in [0.1, 0.15) is 16.0 Å². The van der Waals surface area contributed by atoms with E-state index >= 15 is 0 Å². The third-order valence-corrected chi connectivity index (χ3v) is 4.16. The van der Waals surface area contributed by atoms with E-state index in [0.717, 1.165) is 20.9 Å². The summed E-state index contributed by atoms with van der Waals surface area (Å²) >= 11 is 1.51. The number of aliphatic hydroxyl groups excluding tert-OH is 1. The van der Waals surface area contributed by atoms with Crippen LogP contribution in [0.15, 0.2) is 41.9 Å². The van der Waals surface area contributed by atoms with Gasteiger partial charge in [0.25, 0.3) is 0 Å². The van der Waals surface area contributed by atoms with Gasteiger partial charge in [-0.15, -0.1) is 11.3 Å². The number of nitrogens with two attached hydrogens (primary N) is 1. The second kappa shape index (κ2) is 3.99. The van der Waals surface area contributed by atoms with Crippen molar-refractivity contribution in [2.24, 2.45) is 10.7 Å². The second-order valence-electron chi connectivity index (χ2n) is 4.18. The molecule has 2 aromatic rings. The Hall–Kier alpha value is -2.07. The molecule has 3 N–H and O–H groups in total. The summed E-state index contributed by atoms with van der Waals surface area (Å²) in [5.74, 6) is 0.712. The number of fused-ring (bicyclic) bond motifs is 1. The number of hydrogen-bond acceptors (Lipinski definition) is 4. The summed E-state index contributed by atoms with van der Waals surface area (Å²) in [5.41, 5.74) is 9.12. The van der Waals surface area contributed by atoms with Gasteiger partial charge in [-0.3, -0.25) is 4.99 Å². The molecule has 4 heteroatoms. The van der Waals surface area contributed by atoms with Gasteiger partial charge in [-0.25, -0.2) is 0 Å². The Bertz CT molecular complexity index is 670. The molecule has 0 saturated carbocycles. The number of amidine groups is 1. The predicted octanol–water partition coefficient (Wildman–Crippen LogP) is 3.16. The molecule has 1 aromatic heterocycles. The second-order valence-corrected chi connectivity index (χ2v) is 5.27. The molecule has 18 heavy (non-hydrogen) atoms. The lowest BCUT2D eigenvalue weighted by atomic mass is 10.0. The fourth-order valence-electron chi connectivity index (χ4n) is 2.01. The molecule has 0 spiro atoms. The van der Waals surface area contributed by atoms with Gasteiger partial charge in [-0.1, -0.05) is 18.7 Å². The van der Waals surface area contributed by atoms with E-state index in [1.54, 1.807) is 0 Å². The summed E-state index contributed by atoms with van der Waals surface area (Å²) in [4.78, 5) is 6.09. The molecule has 3 nitrogen and oxygen atoms in total. The molecule has 3 rings (SSSR count). The van der Waals surface area contributed by atoms with E-state index < -0.39 is 0 Å². The highest BCUT2D eigenvalue weighted by molar-refractivity contribution is 7.16. The molecule has 2 heterocycles. The van der Waals surface area contributed by atoms with E-state index in [4.69, 9.17) is 5.73 Å². The van der Waals surface area contributed by atoms with Crippen molar-refractivity contribution in [3.05, 3.63) is 52.9 Å². The minimum Gasteiger partial charge on any atom is -0.507 e. The van der Waals surface area contributed by atoms with Gasteiger partial charge >= 0.3 is 0 Å². The zero-order valence-corrected chi connectivity index (χ0v) is 10.5. The molecule has 0 bridgehead atoms. The van der Waals surface area contributed by atoms with Crippen LogP contribution in [0.2, 0.25) is 0 Å². The molecular weight excluding hydrogens is 244 g/mol. The van der Waals surface area contributed by atoms with Crippen LogP contribution in [0.4, 0.5) is 0 Å². The van der Waals surface area contributed by atoms with Crippen LogP contribution in [0, 0.1) is 0 Å². The molecule has 0 saturated heterocycles. The van der Waals surface area contributed by atoms with Crippen LogP contribution in [-0.4, -0.2) is 10.9 Å². The number of benzene rings is 1. The predicted molar refractivity (Wildman–Crippen MR) is 75.8 cm³/mol. The van der Waals surface area contributed by atoms with Crippen molar-refractivity contribution >= 4 is 22.9 Å². The Balaban J connectivity index is 2.04. The largest absolute Gasteiger partial charge is 0.507 e. The molecule has 0 radical (unpaired) electrons. The van der Waals surface area contributed by atoms with Gasteiger partial charge in [0.1, 0.15) is 11.6 Å². The summed E-state index contributed by atoms with van der Waals surface area (Å²) in [5, 5.41) is 9.36. The Labute approximate surface area is 109 Å². The zero-order valence-electron chi connectivity index (χ0n) is 9.68. The molecular formula is C14H12N2OS. The maximum Gasteiger partial charge on any atom is 0.126 e. The molecule has 1 aliphatic heterocycles. The Morgan fingerprint density at radius 2 is 2.17 bits per heavy atom. The van der Waals surface area contributed by atoms with E-state index in [0.29, 0.717) is 12.4 Å². The van der Waals surface area contributed by atoms with Gasteiger partial charge in [0.05, 0.1) is 11.4 Å². The minimum atomic E-state index is 0.105. The van der Waals surface area contributed by atoms with Gasteiger partial charge in [-0.05, 0) is 29.3 Å². The molecule has 0 amide bonds. The summed E-state index contributed by atoms with van der Waals surface area (Å²) < 4.78 is 0. The SMILES string of the molecule is C=C(O)c1ccc(-c2ccc3c(c2)C(N)=NC3)s1. The van der Waals surface area contributed by atoms with Crippen molar-refractivity contribution in [2.75, 3.05) is 0 Å². The van der Waals surface area contributed by atoms with Gasteiger partial charge in [0.15, 0.2) is 0 Å². The summed E-state index contributed by atoms with van der Waals surface area (Å²) in [6, 6.07) is 10.0. The average Bonchev–Trinajstić information content (AvgIpc) is 2.96. The van der Waals surface area contributed by atoms with Crippen LogP contribution >= 0.6 is 11.3 Å². The van der Waals surface area contributed by atoms with Gasteiger partial charge < -0.3 is 10.8 Å². The molecule has 0 aliphatic carbocycles. The topological polar surface area (TPSA) is 58.6 Å². The van der Waals surface area contributed by atoms with Crippen LogP contribution in [0.3, 0.4) is 0 Å². The molecule has 1 aliphatic rings. The molecule has 0 unspecified atom stereocenters. The summed E-state index contributed by atoms with van der Waals surface area (Å²) in [6.07, 6.45) is 0. The van der Waals surface area contributed by atoms with E-state index in [9.17, 15) is 5.11 Å². The fourth-order valence-corrected chi connectivity index (χ4v) is 2.88. The summed E-state index contributed by atoms with van der Waals surface area (Å²) in [7, 11) is 0. The van der Waals surface area contributed by atoms with Crippen molar-refractivity contribution in [1.29, 1.82) is 0 Å². The van der Waals surface area contributed by atoms with E-state index in [2.05, 4.69) is 29.8 Å². The van der Waals surface area contributed by atoms with Crippen LogP contribution in [0.5, 0.6) is 0 Å². The van der Waals surface area contributed by atoms with Crippen molar-refractivity contribution in [2.45, 2.75) is 6.54 Å². The number of aliphatic hydroxyl groups is 1. The van der Waals surface area contributed by atoms with Crippen molar-refractivity contribution in [1.82, 2.24) is 0 Å². The minimum absolute atomic E-state index is 0.105. The lowest BCUT2D eigenvalue weighted by Crippen LogP contribution is -2.10. The Morgan fingerprint density at radius 3 is 2.89 bits per heavy atom. The quantitative estimate of drug-likeness (QED) is 0.811. The number of rotatable bonds is 2. The lowest BCUT2D eigenvalue weighted by Gasteiger charge is -2.03. The first-order valence-corrected chi connectivity index (χ1v) is 6.38. The third-order valence-electron chi connectivity index (χ3n) is 2.98. The smallest absolute Gasteiger partial charge is 0.126 e. The standard InChI is InChI=1S/C14H12N2OS/c1-8(17)12-4-5-13(18-12)9-2-3-10-7-16-14(15)11(10)6-9/h2-6,17H,1,7H2,(H2,15,16). The molecule has 90 valence electrons. The first kappa shape index (κ1) is 11.0. The third kappa shape index (κ3) is 1.71. The highest BCUT2D eigenvalue weighted by Crippen LogP contribution is 2.32. The highest BCUT2D eigenvalue weighted by atomic mass is 32.1. The highest BCUT2D eigenvalue weighted by Gasteiger charge is 2.14. The fraction of sp³-hybridized carbons (Fsp3) is 0.0714. The average molecular weight is 256 g/mol. The first-order chi connectivity index (χ1) is 8.65.